The molecule has 11 heavy (non-hydrogen) atoms. The normalized spacial score (nSPS) is 9.27. The average molecular weight is 170 g/mol. The van der Waals surface area contributed by atoms with Crippen molar-refractivity contribution in [3.63, 3.8) is 0 Å². The van der Waals surface area contributed by atoms with Gasteiger partial charge in [0.25, 0.3) is 0 Å². The summed E-state index contributed by atoms with van der Waals surface area (Å²) in [4.78, 5) is 3.95. The number of hydrogen-bond acceptors (Lipinski definition) is 2. The SMILES string of the molecule is C=Cc1c(Cl)ccnc1OC. The van der Waals surface area contributed by atoms with Gasteiger partial charge in [0.15, 0.2) is 0 Å². The van der Waals surface area contributed by atoms with E-state index in [4.69, 9.17) is 16.3 Å². The number of rotatable bonds is 2. The van der Waals surface area contributed by atoms with E-state index in [1.807, 2.05) is 0 Å². The molecular formula is C8H8ClNO. The molecule has 2 nitrogen and oxygen atoms in total. The minimum Gasteiger partial charge on any atom is -0.481 e. The van der Waals surface area contributed by atoms with Crippen molar-refractivity contribution < 1.29 is 4.74 Å². The summed E-state index contributed by atoms with van der Waals surface area (Å²) in [6.45, 7) is 3.60. The number of hydrogen-bond donors (Lipinski definition) is 0. The third kappa shape index (κ3) is 1.52. The Bertz CT molecular complexity index is 273. The molecule has 0 aliphatic rings. The molecule has 0 unspecified atom stereocenters. The van der Waals surface area contributed by atoms with Crippen LogP contribution in [0.4, 0.5) is 0 Å². The molecule has 0 aliphatic heterocycles. The second-order valence-corrected chi connectivity index (χ2v) is 2.33. The minimum absolute atomic E-state index is 0.507. The van der Waals surface area contributed by atoms with Crippen LogP contribution in [-0.2, 0) is 0 Å². The summed E-state index contributed by atoms with van der Waals surface area (Å²) in [7, 11) is 1.55. The van der Waals surface area contributed by atoms with Gasteiger partial charge in [-0.25, -0.2) is 4.98 Å². The molecule has 1 heterocycles. The molecule has 1 aromatic heterocycles. The molecule has 0 aromatic carbocycles. The molecule has 0 saturated carbocycles. The summed E-state index contributed by atoms with van der Waals surface area (Å²) in [6, 6.07) is 1.70. The van der Waals surface area contributed by atoms with Crippen molar-refractivity contribution in [2.24, 2.45) is 0 Å². The van der Waals surface area contributed by atoms with Gasteiger partial charge < -0.3 is 4.74 Å². The van der Waals surface area contributed by atoms with Gasteiger partial charge in [0.1, 0.15) is 0 Å². The summed E-state index contributed by atoms with van der Waals surface area (Å²) in [5, 5.41) is 0.604. The monoisotopic (exact) mass is 169 g/mol. The maximum absolute atomic E-state index is 5.82. The maximum Gasteiger partial charge on any atom is 0.221 e. The van der Waals surface area contributed by atoms with Crippen LogP contribution in [0.15, 0.2) is 18.8 Å². The lowest BCUT2D eigenvalue weighted by Gasteiger charge is -2.03. The molecule has 0 N–H and O–H groups in total. The molecule has 0 fully saturated rings. The van der Waals surface area contributed by atoms with E-state index in [9.17, 15) is 0 Å². The second kappa shape index (κ2) is 3.39. The average Bonchev–Trinajstić information content (AvgIpc) is 2.04. The van der Waals surface area contributed by atoms with E-state index in [-0.39, 0.29) is 0 Å². The Kier molecular flexibility index (Phi) is 2.49. The molecule has 0 amide bonds. The third-order valence-corrected chi connectivity index (χ3v) is 1.63. The van der Waals surface area contributed by atoms with Gasteiger partial charge in [-0.3, -0.25) is 0 Å². The van der Waals surface area contributed by atoms with Crippen LogP contribution in [-0.4, -0.2) is 12.1 Å². The van der Waals surface area contributed by atoms with Crippen LogP contribution in [0, 0.1) is 0 Å². The van der Waals surface area contributed by atoms with Crippen LogP contribution in [0.3, 0.4) is 0 Å². The zero-order chi connectivity index (χ0) is 8.27. The maximum atomic E-state index is 5.82. The molecule has 0 radical (unpaired) electrons. The Morgan fingerprint density at radius 3 is 2.91 bits per heavy atom. The van der Waals surface area contributed by atoms with Gasteiger partial charge in [-0.1, -0.05) is 24.3 Å². The largest absolute Gasteiger partial charge is 0.481 e. The Labute approximate surface area is 70.5 Å². The molecule has 0 aliphatic carbocycles. The van der Waals surface area contributed by atoms with E-state index in [1.165, 1.54) is 0 Å². The summed E-state index contributed by atoms with van der Waals surface area (Å²) in [6.07, 6.45) is 3.21. The minimum atomic E-state index is 0.507. The first kappa shape index (κ1) is 8.08. The van der Waals surface area contributed by atoms with Gasteiger partial charge in [-0.2, -0.15) is 0 Å². The van der Waals surface area contributed by atoms with Crippen molar-refractivity contribution in [3.05, 3.63) is 29.4 Å². The van der Waals surface area contributed by atoms with Crippen molar-refractivity contribution in [2.75, 3.05) is 7.11 Å². The number of methoxy groups -OCH3 is 1. The van der Waals surface area contributed by atoms with Crippen LogP contribution < -0.4 is 4.74 Å². The Morgan fingerprint density at radius 2 is 2.45 bits per heavy atom. The lowest BCUT2D eigenvalue weighted by Crippen LogP contribution is -1.90. The highest BCUT2D eigenvalue weighted by atomic mass is 35.5. The zero-order valence-corrected chi connectivity index (χ0v) is 6.93. The van der Waals surface area contributed by atoms with Crippen LogP contribution in [0.1, 0.15) is 5.56 Å². The topological polar surface area (TPSA) is 22.1 Å². The first-order chi connectivity index (χ1) is 5.29. The first-order valence-corrected chi connectivity index (χ1v) is 3.48. The highest BCUT2D eigenvalue weighted by Gasteiger charge is 2.03. The first-order valence-electron chi connectivity index (χ1n) is 3.10. The van der Waals surface area contributed by atoms with E-state index in [2.05, 4.69) is 11.6 Å². The quantitative estimate of drug-likeness (QED) is 0.678. The van der Waals surface area contributed by atoms with Gasteiger partial charge in [-0.15, -0.1) is 0 Å². The van der Waals surface area contributed by atoms with E-state index in [0.29, 0.717) is 10.9 Å². The van der Waals surface area contributed by atoms with Gasteiger partial charge in [0.2, 0.25) is 5.88 Å². The van der Waals surface area contributed by atoms with E-state index in [1.54, 1.807) is 25.4 Å². The lowest BCUT2D eigenvalue weighted by atomic mass is 10.3. The van der Waals surface area contributed by atoms with E-state index >= 15 is 0 Å². The van der Waals surface area contributed by atoms with Crippen LogP contribution in [0.2, 0.25) is 5.02 Å². The van der Waals surface area contributed by atoms with Crippen molar-refractivity contribution in [2.45, 2.75) is 0 Å². The number of ether oxygens (including phenoxy) is 1. The fraction of sp³-hybridized carbons (Fsp3) is 0.125. The number of aromatic nitrogens is 1. The molecule has 3 heteroatoms. The summed E-state index contributed by atoms with van der Waals surface area (Å²) < 4.78 is 4.95. The van der Waals surface area contributed by atoms with Crippen LogP contribution >= 0.6 is 11.6 Å². The summed E-state index contributed by atoms with van der Waals surface area (Å²) >= 11 is 5.82. The highest BCUT2D eigenvalue weighted by Crippen LogP contribution is 2.23. The third-order valence-electron chi connectivity index (χ3n) is 1.30. The van der Waals surface area contributed by atoms with Crippen LogP contribution in [0.25, 0.3) is 6.08 Å². The molecule has 0 atom stereocenters. The molecule has 0 spiro atoms. The summed E-state index contributed by atoms with van der Waals surface area (Å²) in [5.74, 6) is 0.507. The second-order valence-electron chi connectivity index (χ2n) is 1.92. The van der Waals surface area contributed by atoms with Gasteiger partial charge in [0, 0.05) is 6.20 Å². The fourth-order valence-corrected chi connectivity index (χ4v) is 0.994. The molecule has 0 saturated heterocycles. The fourth-order valence-electron chi connectivity index (χ4n) is 0.779. The van der Waals surface area contributed by atoms with Crippen molar-refractivity contribution in [3.8, 4) is 5.88 Å². The molecule has 58 valence electrons. The number of nitrogens with zero attached hydrogens (tertiary/aromatic N) is 1. The Morgan fingerprint density at radius 1 is 1.73 bits per heavy atom. The Hall–Kier alpha value is -1.02. The standard InChI is InChI=1S/C8H8ClNO/c1-3-6-7(9)4-5-10-8(6)11-2/h3-5H,1H2,2H3. The van der Waals surface area contributed by atoms with Gasteiger partial charge in [-0.05, 0) is 6.07 Å². The van der Waals surface area contributed by atoms with E-state index < -0.39 is 0 Å². The lowest BCUT2D eigenvalue weighted by molar-refractivity contribution is 0.397. The predicted octanol–water partition coefficient (Wildman–Crippen LogP) is 2.39. The van der Waals surface area contributed by atoms with Crippen molar-refractivity contribution >= 4 is 17.7 Å². The highest BCUT2D eigenvalue weighted by molar-refractivity contribution is 6.32. The Balaban J connectivity index is 3.24. The molecule has 1 aromatic rings. The van der Waals surface area contributed by atoms with E-state index in [0.717, 1.165) is 5.56 Å². The van der Waals surface area contributed by atoms with Gasteiger partial charge >= 0.3 is 0 Å². The van der Waals surface area contributed by atoms with Crippen molar-refractivity contribution in [1.29, 1.82) is 0 Å². The molecular weight excluding hydrogens is 162 g/mol. The smallest absolute Gasteiger partial charge is 0.221 e. The summed E-state index contributed by atoms with van der Waals surface area (Å²) in [5.41, 5.74) is 0.733. The van der Waals surface area contributed by atoms with Crippen molar-refractivity contribution in [1.82, 2.24) is 4.98 Å². The van der Waals surface area contributed by atoms with Crippen LogP contribution in [0.5, 0.6) is 5.88 Å². The zero-order valence-electron chi connectivity index (χ0n) is 6.17. The predicted molar refractivity (Wildman–Crippen MR) is 45.9 cm³/mol. The number of pyridine rings is 1. The molecule has 0 bridgehead atoms. The number of halogens is 1. The van der Waals surface area contributed by atoms with Gasteiger partial charge in [0.05, 0.1) is 17.7 Å². The molecule has 1 rings (SSSR count).